The lowest BCUT2D eigenvalue weighted by Crippen LogP contribution is -2.21. The van der Waals surface area contributed by atoms with Gasteiger partial charge in [-0.05, 0) is 55.0 Å². The maximum atomic E-state index is 12.6. The Morgan fingerprint density at radius 3 is 2.39 bits per heavy atom. The van der Waals surface area contributed by atoms with Gasteiger partial charge < -0.3 is 9.47 Å². The van der Waals surface area contributed by atoms with Crippen LogP contribution < -0.4 is 14.9 Å². The number of aromatic nitrogens is 3. The number of amides is 1. The number of nitro benzene ring substituents is 1. The van der Waals surface area contributed by atoms with Gasteiger partial charge in [-0.2, -0.15) is 5.10 Å². The first-order valence-electron chi connectivity index (χ1n) is 11.3. The molecular weight excluding hydrogens is 508 g/mol. The van der Waals surface area contributed by atoms with E-state index in [4.69, 9.17) is 9.47 Å². The number of hydrogen-bond acceptors (Lipinski definition) is 9. The molecule has 0 atom stereocenters. The molecule has 0 saturated heterocycles. The van der Waals surface area contributed by atoms with Crippen LogP contribution in [0.5, 0.6) is 11.5 Å². The van der Waals surface area contributed by atoms with Gasteiger partial charge in [-0.15, -0.1) is 10.2 Å². The summed E-state index contributed by atoms with van der Waals surface area (Å²) >= 11 is 1.21. The van der Waals surface area contributed by atoms with Crippen molar-refractivity contribution in [2.45, 2.75) is 12.1 Å². The van der Waals surface area contributed by atoms with E-state index < -0.39 is 4.92 Å². The number of methoxy groups -OCH3 is 2. The number of nitrogens with one attached hydrogen (secondary N) is 1. The Kier molecular flexibility index (Phi) is 8.34. The number of hydrazone groups is 1. The third kappa shape index (κ3) is 5.98. The summed E-state index contributed by atoms with van der Waals surface area (Å²) in [6.45, 7) is 1.70. The zero-order valence-electron chi connectivity index (χ0n) is 20.8. The average Bonchev–Trinajstić information content (AvgIpc) is 3.38. The van der Waals surface area contributed by atoms with Gasteiger partial charge in [-0.1, -0.05) is 30.0 Å². The second-order valence-electron chi connectivity index (χ2n) is 7.87. The third-order valence-electron chi connectivity index (χ3n) is 5.47. The fourth-order valence-electron chi connectivity index (χ4n) is 3.53. The molecule has 4 rings (SSSR count). The Morgan fingerprint density at radius 2 is 1.74 bits per heavy atom. The summed E-state index contributed by atoms with van der Waals surface area (Å²) in [7, 11) is 3.14. The molecule has 0 fully saturated rings. The van der Waals surface area contributed by atoms with Gasteiger partial charge in [-0.25, -0.2) is 5.43 Å². The second-order valence-corrected chi connectivity index (χ2v) is 8.81. The first-order chi connectivity index (χ1) is 18.4. The van der Waals surface area contributed by atoms with Gasteiger partial charge in [0.05, 0.1) is 30.6 Å². The Hall–Kier alpha value is -4.71. The van der Waals surface area contributed by atoms with Crippen molar-refractivity contribution < 1.29 is 19.2 Å². The van der Waals surface area contributed by atoms with Gasteiger partial charge in [-0.3, -0.25) is 19.5 Å². The molecule has 0 saturated carbocycles. The molecule has 1 aromatic heterocycles. The van der Waals surface area contributed by atoms with Crippen LogP contribution in [0, 0.1) is 10.1 Å². The fourth-order valence-corrected chi connectivity index (χ4v) is 4.28. The van der Waals surface area contributed by atoms with Crippen LogP contribution in [0.15, 0.2) is 83.1 Å². The quantitative estimate of drug-likeness (QED) is 0.137. The molecule has 1 heterocycles. The first-order valence-corrected chi connectivity index (χ1v) is 12.3. The van der Waals surface area contributed by atoms with Crippen LogP contribution in [-0.2, 0) is 4.79 Å². The van der Waals surface area contributed by atoms with Gasteiger partial charge in [0.15, 0.2) is 22.5 Å². The third-order valence-corrected chi connectivity index (χ3v) is 6.40. The lowest BCUT2D eigenvalue weighted by atomic mass is 10.1. The van der Waals surface area contributed by atoms with Crippen LogP contribution >= 0.6 is 11.8 Å². The predicted molar refractivity (Wildman–Crippen MR) is 144 cm³/mol. The van der Waals surface area contributed by atoms with Crippen molar-refractivity contribution >= 4 is 29.1 Å². The van der Waals surface area contributed by atoms with Crippen molar-refractivity contribution in [2.24, 2.45) is 5.10 Å². The zero-order valence-corrected chi connectivity index (χ0v) is 21.6. The van der Waals surface area contributed by atoms with Crippen LogP contribution in [0.25, 0.3) is 17.1 Å². The summed E-state index contributed by atoms with van der Waals surface area (Å²) in [5, 5.41) is 24.2. The van der Waals surface area contributed by atoms with Gasteiger partial charge >= 0.3 is 0 Å². The van der Waals surface area contributed by atoms with Crippen molar-refractivity contribution in [3.63, 3.8) is 0 Å². The number of carbonyl (C=O) groups is 1. The van der Waals surface area contributed by atoms with Gasteiger partial charge in [0.2, 0.25) is 0 Å². The van der Waals surface area contributed by atoms with Crippen LogP contribution in [-0.4, -0.2) is 51.3 Å². The molecule has 0 radical (unpaired) electrons. The topological polar surface area (TPSA) is 134 Å². The maximum Gasteiger partial charge on any atom is 0.269 e. The molecule has 1 amide bonds. The SMILES string of the molecule is COc1ccc(-c2nnc(SCC(=O)NN=C(C)c3ccc([N+](=O)[O-])cc3)n2-c2ccccc2)cc1OC. The number of carbonyl (C=O) groups excluding carboxylic acids is 1. The van der Waals surface area contributed by atoms with Crippen molar-refractivity contribution in [1.29, 1.82) is 0 Å². The molecule has 1 N–H and O–H groups in total. The van der Waals surface area contributed by atoms with E-state index in [9.17, 15) is 14.9 Å². The highest BCUT2D eigenvalue weighted by Crippen LogP contribution is 2.34. The average molecular weight is 533 g/mol. The lowest BCUT2D eigenvalue weighted by Gasteiger charge is -2.12. The normalized spacial score (nSPS) is 11.2. The van der Waals surface area contributed by atoms with Gasteiger partial charge in [0.1, 0.15) is 0 Å². The summed E-state index contributed by atoms with van der Waals surface area (Å²) in [5.41, 5.74) is 5.27. The number of rotatable bonds is 10. The highest BCUT2D eigenvalue weighted by molar-refractivity contribution is 7.99. The summed E-state index contributed by atoms with van der Waals surface area (Å²) in [6, 6.07) is 21.0. The van der Waals surface area contributed by atoms with Crippen LogP contribution in [0.3, 0.4) is 0 Å². The van der Waals surface area contributed by atoms with E-state index in [0.29, 0.717) is 33.8 Å². The number of hydrogen-bond donors (Lipinski definition) is 1. The molecule has 3 aromatic carbocycles. The Morgan fingerprint density at radius 1 is 1.03 bits per heavy atom. The van der Waals surface area contributed by atoms with Crippen molar-refractivity contribution in [3.8, 4) is 28.6 Å². The Labute approximate surface area is 222 Å². The Bertz CT molecular complexity index is 1470. The van der Waals surface area contributed by atoms with E-state index in [1.165, 1.54) is 23.9 Å². The molecule has 194 valence electrons. The van der Waals surface area contributed by atoms with Gasteiger partial charge in [0.25, 0.3) is 11.6 Å². The number of non-ortho nitro benzene ring substituents is 1. The van der Waals surface area contributed by atoms with Crippen molar-refractivity contribution in [1.82, 2.24) is 20.2 Å². The molecule has 12 heteroatoms. The Balaban J connectivity index is 1.52. The number of nitrogens with zero attached hydrogens (tertiary/aromatic N) is 5. The van der Waals surface area contributed by atoms with E-state index in [-0.39, 0.29) is 17.3 Å². The molecule has 0 aliphatic rings. The molecule has 0 unspecified atom stereocenters. The van der Waals surface area contributed by atoms with Crippen LogP contribution in [0.4, 0.5) is 5.69 Å². The number of thioether (sulfide) groups is 1. The van der Waals surface area contributed by atoms with E-state index >= 15 is 0 Å². The zero-order chi connectivity index (χ0) is 27.1. The molecular formula is C26H24N6O5S. The van der Waals surface area contributed by atoms with Crippen molar-refractivity contribution in [2.75, 3.05) is 20.0 Å². The summed E-state index contributed by atoms with van der Waals surface area (Å²) in [4.78, 5) is 22.9. The van der Waals surface area contributed by atoms with Gasteiger partial charge in [0, 0.05) is 23.4 Å². The van der Waals surface area contributed by atoms with E-state index in [1.807, 2.05) is 47.0 Å². The minimum Gasteiger partial charge on any atom is -0.493 e. The summed E-state index contributed by atoms with van der Waals surface area (Å²) in [6.07, 6.45) is 0. The highest BCUT2D eigenvalue weighted by atomic mass is 32.2. The molecule has 0 bridgehead atoms. The van der Waals surface area contributed by atoms with Crippen molar-refractivity contribution in [3.05, 3.63) is 88.5 Å². The molecule has 0 spiro atoms. The number of benzene rings is 3. The standard InChI is InChI=1S/C26H24N6O5S/c1-17(18-9-12-21(13-10-18)32(34)35)27-28-24(33)16-38-26-30-29-25(31(26)20-7-5-4-6-8-20)19-11-14-22(36-2)23(15-19)37-3/h4-15H,16H2,1-3H3,(H,28,33). The first kappa shape index (κ1) is 26.4. The summed E-state index contributed by atoms with van der Waals surface area (Å²) < 4.78 is 12.6. The molecule has 0 aliphatic heterocycles. The largest absolute Gasteiger partial charge is 0.493 e. The molecule has 11 nitrogen and oxygen atoms in total. The highest BCUT2D eigenvalue weighted by Gasteiger charge is 2.19. The minimum absolute atomic E-state index is 0.0167. The molecule has 0 aliphatic carbocycles. The summed E-state index contributed by atoms with van der Waals surface area (Å²) in [5.74, 6) is 1.42. The van der Waals surface area contributed by atoms with E-state index in [1.54, 1.807) is 39.3 Å². The fraction of sp³-hybridized carbons (Fsp3) is 0.154. The number of nitro groups is 1. The second kappa shape index (κ2) is 12.0. The lowest BCUT2D eigenvalue weighted by molar-refractivity contribution is -0.384. The predicted octanol–water partition coefficient (Wildman–Crippen LogP) is 4.49. The van der Waals surface area contributed by atoms with E-state index in [0.717, 1.165) is 11.3 Å². The number of ether oxygens (including phenoxy) is 2. The molecule has 4 aromatic rings. The monoisotopic (exact) mass is 532 g/mol. The minimum atomic E-state index is -0.472. The smallest absolute Gasteiger partial charge is 0.269 e. The molecule has 38 heavy (non-hydrogen) atoms. The van der Waals surface area contributed by atoms with Crippen LogP contribution in [0.1, 0.15) is 12.5 Å². The van der Waals surface area contributed by atoms with Crippen LogP contribution in [0.2, 0.25) is 0 Å². The maximum absolute atomic E-state index is 12.6. The number of para-hydroxylation sites is 1. The van der Waals surface area contributed by atoms with E-state index in [2.05, 4.69) is 20.7 Å².